The van der Waals surface area contributed by atoms with E-state index in [4.69, 9.17) is 14.4 Å². The summed E-state index contributed by atoms with van der Waals surface area (Å²) >= 11 is 0. The van der Waals surface area contributed by atoms with E-state index in [-0.39, 0.29) is 5.92 Å². The van der Waals surface area contributed by atoms with Crippen molar-refractivity contribution < 1.29 is 4.42 Å². The highest BCUT2D eigenvalue weighted by Crippen LogP contribution is 2.66. The second-order valence-corrected chi connectivity index (χ2v) is 15.6. The Bertz CT molecular complexity index is 3420. The summed E-state index contributed by atoms with van der Waals surface area (Å²) in [6, 6.07) is 70.2. The van der Waals surface area contributed by atoms with Crippen molar-refractivity contribution in [3.05, 3.63) is 216 Å². The largest absolute Gasteiger partial charge is 0.455 e. The molecule has 2 aliphatic rings. The van der Waals surface area contributed by atoms with E-state index in [0.29, 0.717) is 5.82 Å². The minimum Gasteiger partial charge on any atom is -0.455 e. The Labute approximate surface area is 334 Å². The smallest absolute Gasteiger partial charge is 0.160 e. The summed E-state index contributed by atoms with van der Waals surface area (Å²) in [4.78, 5) is 13.2. The number of nitrogens with zero attached hydrogens (tertiary/aromatic N) is 3. The van der Waals surface area contributed by atoms with Gasteiger partial charge in [-0.3, -0.25) is 0 Å². The fraction of sp³-hybridized carbons (Fsp3) is 0.0370. The topological polar surface area (TPSA) is 42.2 Å². The van der Waals surface area contributed by atoms with Crippen molar-refractivity contribution in [1.29, 1.82) is 0 Å². The molecule has 1 atom stereocenters. The van der Waals surface area contributed by atoms with Crippen LogP contribution in [0.2, 0.25) is 0 Å². The van der Waals surface area contributed by atoms with Gasteiger partial charge in [-0.1, -0.05) is 152 Å². The molecule has 11 aromatic rings. The Balaban J connectivity index is 1.19. The van der Waals surface area contributed by atoms with Gasteiger partial charge in [0.1, 0.15) is 16.7 Å². The van der Waals surface area contributed by atoms with Gasteiger partial charge < -0.3 is 9.32 Å². The molecule has 270 valence electrons. The van der Waals surface area contributed by atoms with Gasteiger partial charge in [0.2, 0.25) is 0 Å². The maximum Gasteiger partial charge on any atom is 0.160 e. The Morgan fingerprint density at radius 3 is 1.95 bits per heavy atom. The average molecular weight is 740 g/mol. The zero-order valence-corrected chi connectivity index (χ0v) is 31.3. The van der Waals surface area contributed by atoms with E-state index in [1.54, 1.807) is 0 Å². The second-order valence-electron chi connectivity index (χ2n) is 15.6. The van der Waals surface area contributed by atoms with Gasteiger partial charge in [-0.2, -0.15) is 0 Å². The van der Waals surface area contributed by atoms with Crippen molar-refractivity contribution in [3.8, 4) is 22.6 Å². The average Bonchev–Trinajstić information content (AvgIpc) is 3.92. The molecular weight excluding hydrogens is 707 g/mol. The van der Waals surface area contributed by atoms with Crippen LogP contribution in [0.25, 0.3) is 77.0 Å². The van der Waals surface area contributed by atoms with Crippen LogP contribution in [0.15, 0.2) is 199 Å². The standard InChI is InChI=1S/C54H33N3O/c1-3-15-35(16-4-1)53-55-45-26-10-7-22-39(45)51(56-53)42-32-36(31-41-38-21-9-12-28-47(38)58-52(41)42)50-40-23-8-11-27-46(40)57(37-19-5-2-6-20-37)54(50)43-24-13-17-33-29-30-34-18-14-25-44(54)49(34)48(33)43/h1-32,50H. The minimum absolute atomic E-state index is 0.119. The summed E-state index contributed by atoms with van der Waals surface area (Å²) in [6.07, 6.45) is 0. The molecule has 4 nitrogen and oxygen atoms in total. The highest BCUT2D eigenvalue weighted by molar-refractivity contribution is 6.17. The Morgan fingerprint density at radius 2 is 1.17 bits per heavy atom. The Hall–Kier alpha value is -7.56. The fourth-order valence-corrected chi connectivity index (χ4v) is 10.5. The van der Waals surface area contributed by atoms with Crippen molar-refractivity contribution in [2.75, 3.05) is 4.90 Å². The van der Waals surface area contributed by atoms with Gasteiger partial charge in [0, 0.05) is 44.6 Å². The summed E-state index contributed by atoms with van der Waals surface area (Å²) in [5, 5.41) is 8.32. The van der Waals surface area contributed by atoms with E-state index in [9.17, 15) is 0 Å². The molecule has 1 unspecified atom stereocenters. The number of benzene rings is 9. The molecule has 2 aromatic heterocycles. The summed E-state index contributed by atoms with van der Waals surface area (Å²) in [5.41, 5.74) is 12.2. The monoisotopic (exact) mass is 739 g/mol. The highest BCUT2D eigenvalue weighted by Gasteiger charge is 2.58. The molecule has 0 fully saturated rings. The second kappa shape index (κ2) is 11.7. The number of fused-ring (bicyclic) bond motifs is 7. The molecule has 0 amide bonds. The van der Waals surface area contributed by atoms with E-state index < -0.39 is 5.54 Å². The maximum absolute atomic E-state index is 6.90. The molecule has 58 heavy (non-hydrogen) atoms. The van der Waals surface area contributed by atoms with E-state index in [2.05, 4.69) is 181 Å². The van der Waals surface area contributed by atoms with Crippen LogP contribution in [0.4, 0.5) is 11.4 Å². The van der Waals surface area contributed by atoms with E-state index >= 15 is 0 Å². The lowest BCUT2D eigenvalue weighted by atomic mass is 9.70. The number of furan rings is 1. The molecule has 1 aliphatic heterocycles. The van der Waals surface area contributed by atoms with Gasteiger partial charge in [-0.25, -0.2) is 9.97 Å². The van der Waals surface area contributed by atoms with E-state index in [0.717, 1.165) is 55.3 Å². The number of para-hydroxylation sites is 4. The third-order valence-electron chi connectivity index (χ3n) is 12.7. The van der Waals surface area contributed by atoms with Gasteiger partial charge in [0.15, 0.2) is 5.82 Å². The molecule has 1 spiro atoms. The Morgan fingerprint density at radius 1 is 0.517 bits per heavy atom. The van der Waals surface area contributed by atoms with Gasteiger partial charge in [0.25, 0.3) is 0 Å². The number of anilines is 2. The molecule has 13 rings (SSSR count). The lowest BCUT2D eigenvalue weighted by Gasteiger charge is -2.43. The van der Waals surface area contributed by atoms with Crippen LogP contribution in [-0.2, 0) is 5.54 Å². The van der Waals surface area contributed by atoms with Gasteiger partial charge in [0.05, 0.1) is 11.2 Å². The SMILES string of the molecule is c1ccc(-c2nc(-c3cc(C4c5ccccc5N(c5ccccc5)C45c4cccc6ccc7cccc5c7c46)cc4c3oc3ccccc34)c3ccccc3n2)cc1. The number of hydrogen-bond donors (Lipinski definition) is 0. The molecule has 0 N–H and O–H groups in total. The van der Waals surface area contributed by atoms with Crippen molar-refractivity contribution in [2.24, 2.45) is 0 Å². The first-order chi connectivity index (χ1) is 28.8. The van der Waals surface area contributed by atoms with Gasteiger partial charge in [-0.15, -0.1) is 0 Å². The van der Waals surface area contributed by atoms with Gasteiger partial charge in [-0.05, 0) is 86.3 Å². The van der Waals surface area contributed by atoms with Crippen molar-refractivity contribution in [1.82, 2.24) is 9.97 Å². The third-order valence-corrected chi connectivity index (χ3v) is 12.7. The van der Waals surface area contributed by atoms with Crippen LogP contribution in [0, 0.1) is 0 Å². The first kappa shape index (κ1) is 31.6. The molecule has 0 saturated heterocycles. The zero-order chi connectivity index (χ0) is 38.0. The van der Waals surface area contributed by atoms with E-state index in [1.807, 2.05) is 18.2 Å². The molecule has 1 aliphatic carbocycles. The van der Waals surface area contributed by atoms with Crippen molar-refractivity contribution in [2.45, 2.75) is 11.5 Å². The fourth-order valence-electron chi connectivity index (χ4n) is 10.5. The van der Waals surface area contributed by atoms with Crippen LogP contribution in [0.1, 0.15) is 28.2 Å². The lowest BCUT2D eigenvalue weighted by Crippen LogP contribution is -2.43. The first-order valence-corrected chi connectivity index (χ1v) is 19.9. The van der Waals surface area contributed by atoms with Crippen LogP contribution in [-0.4, -0.2) is 9.97 Å². The van der Waals surface area contributed by atoms with Crippen LogP contribution >= 0.6 is 0 Å². The lowest BCUT2D eigenvalue weighted by molar-refractivity contribution is 0.508. The molecule has 9 aromatic carbocycles. The summed E-state index contributed by atoms with van der Waals surface area (Å²) in [6.45, 7) is 0. The predicted octanol–water partition coefficient (Wildman–Crippen LogP) is 13.7. The third kappa shape index (κ3) is 4.13. The maximum atomic E-state index is 6.90. The van der Waals surface area contributed by atoms with Crippen LogP contribution in [0.3, 0.4) is 0 Å². The molecular formula is C54H33N3O. The van der Waals surface area contributed by atoms with Crippen LogP contribution in [0.5, 0.6) is 0 Å². The Kier molecular flexibility index (Phi) is 6.40. The van der Waals surface area contributed by atoms with Crippen molar-refractivity contribution >= 4 is 65.8 Å². The quantitative estimate of drug-likeness (QED) is 0.169. The minimum atomic E-state index is -0.624. The number of aromatic nitrogens is 2. The van der Waals surface area contributed by atoms with Gasteiger partial charge >= 0.3 is 0 Å². The molecule has 0 bridgehead atoms. The highest BCUT2D eigenvalue weighted by atomic mass is 16.3. The summed E-state index contributed by atoms with van der Waals surface area (Å²) < 4.78 is 6.90. The zero-order valence-electron chi connectivity index (χ0n) is 31.3. The molecule has 3 heterocycles. The molecule has 4 heteroatoms. The summed E-state index contributed by atoms with van der Waals surface area (Å²) in [5.74, 6) is 0.567. The van der Waals surface area contributed by atoms with E-state index in [1.165, 1.54) is 49.5 Å². The first-order valence-electron chi connectivity index (χ1n) is 19.9. The molecule has 0 radical (unpaired) electrons. The number of rotatable bonds is 4. The van der Waals surface area contributed by atoms with Crippen molar-refractivity contribution in [3.63, 3.8) is 0 Å². The van der Waals surface area contributed by atoms with Crippen LogP contribution < -0.4 is 4.90 Å². The predicted molar refractivity (Wildman–Crippen MR) is 237 cm³/mol. The normalized spacial score (nSPS) is 15.2. The summed E-state index contributed by atoms with van der Waals surface area (Å²) in [7, 11) is 0. The molecule has 0 saturated carbocycles. The number of hydrogen-bond acceptors (Lipinski definition) is 4.